The molecule has 0 fully saturated rings. The molecule has 2 aromatic rings. The molecule has 6 heteroatoms. The van der Waals surface area contributed by atoms with E-state index in [4.69, 9.17) is 0 Å². The van der Waals surface area contributed by atoms with Gasteiger partial charge >= 0.3 is 6.18 Å². The van der Waals surface area contributed by atoms with Crippen molar-refractivity contribution in [2.75, 3.05) is 5.32 Å². The number of halogens is 5. The molecule has 0 heterocycles. The van der Waals surface area contributed by atoms with E-state index in [-0.39, 0.29) is 5.69 Å². The summed E-state index contributed by atoms with van der Waals surface area (Å²) in [5, 5.41) is 2.75. The quantitative estimate of drug-likeness (QED) is 0.689. The minimum atomic E-state index is -4.33. The number of nitrogens with one attached hydrogen (secondary N) is 1. The van der Waals surface area contributed by atoms with Crippen molar-refractivity contribution in [3.63, 3.8) is 0 Å². The van der Waals surface area contributed by atoms with Crippen LogP contribution in [0.1, 0.15) is 18.0 Å². The van der Waals surface area contributed by atoms with E-state index >= 15 is 0 Å². The Kier molecular flexibility index (Phi) is 4.88. The highest BCUT2D eigenvalue weighted by atomic mass is 79.9. The average molecular weight is 362 g/mol. The molecule has 0 aliphatic rings. The summed E-state index contributed by atoms with van der Waals surface area (Å²) in [4.78, 5) is 0. The highest BCUT2D eigenvalue weighted by Crippen LogP contribution is 2.34. The van der Waals surface area contributed by atoms with Crippen molar-refractivity contribution in [2.45, 2.75) is 18.6 Å². The fraction of sp³-hybridized carbons (Fsp3) is 0.200. The maximum absolute atomic E-state index is 13.3. The molecule has 0 saturated heterocycles. The van der Waals surface area contributed by atoms with E-state index in [0.29, 0.717) is 10.0 Å². The molecule has 0 saturated carbocycles. The Morgan fingerprint density at radius 3 is 2.33 bits per heavy atom. The SMILES string of the molecule is Fc1ccc(Br)c(NC(CC(F)(F)F)c2ccccc2)c1. The normalized spacial score (nSPS) is 13.0. The van der Waals surface area contributed by atoms with Gasteiger partial charge in [-0.25, -0.2) is 4.39 Å². The van der Waals surface area contributed by atoms with E-state index in [1.165, 1.54) is 12.1 Å². The van der Waals surface area contributed by atoms with Gasteiger partial charge in [-0.15, -0.1) is 0 Å². The molecular weight excluding hydrogens is 350 g/mol. The van der Waals surface area contributed by atoms with Gasteiger partial charge in [-0.3, -0.25) is 0 Å². The van der Waals surface area contributed by atoms with Gasteiger partial charge in [-0.05, 0) is 39.7 Å². The number of benzene rings is 2. The van der Waals surface area contributed by atoms with Gasteiger partial charge in [0.1, 0.15) is 5.82 Å². The first-order valence-corrected chi connectivity index (χ1v) is 6.98. The second kappa shape index (κ2) is 6.47. The lowest BCUT2D eigenvalue weighted by atomic mass is 10.0. The molecule has 21 heavy (non-hydrogen) atoms. The molecule has 0 spiro atoms. The van der Waals surface area contributed by atoms with Gasteiger partial charge in [0.05, 0.1) is 18.2 Å². The Labute approximate surface area is 128 Å². The first-order valence-electron chi connectivity index (χ1n) is 6.18. The van der Waals surface area contributed by atoms with Crippen LogP contribution in [0.2, 0.25) is 0 Å². The lowest BCUT2D eigenvalue weighted by Gasteiger charge is -2.22. The topological polar surface area (TPSA) is 12.0 Å². The summed E-state index contributed by atoms with van der Waals surface area (Å²) in [6.45, 7) is 0. The third-order valence-corrected chi connectivity index (χ3v) is 3.59. The number of hydrogen-bond acceptors (Lipinski definition) is 1. The second-order valence-electron chi connectivity index (χ2n) is 4.55. The zero-order chi connectivity index (χ0) is 15.5. The van der Waals surface area contributed by atoms with E-state index in [2.05, 4.69) is 21.2 Å². The minimum absolute atomic E-state index is 0.285. The van der Waals surface area contributed by atoms with Crippen molar-refractivity contribution in [2.24, 2.45) is 0 Å². The summed E-state index contributed by atoms with van der Waals surface area (Å²) < 4.78 is 52.0. The maximum atomic E-state index is 13.3. The van der Waals surface area contributed by atoms with Crippen molar-refractivity contribution >= 4 is 21.6 Å². The van der Waals surface area contributed by atoms with E-state index in [9.17, 15) is 17.6 Å². The first-order chi connectivity index (χ1) is 9.85. The molecule has 1 atom stereocenters. The van der Waals surface area contributed by atoms with Gasteiger partial charge in [-0.1, -0.05) is 30.3 Å². The molecule has 0 aliphatic heterocycles. The molecule has 0 bridgehead atoms. The van der Waals surface area contributed by atoms with Crippen LogP contribution in [-0.4, -0.2) is 6.18 Å². The van der Waals surface area contributed by atoms with E-state index < -0.39 is 24.5 Å². The fourth-order valence-corrected chi connectivity index (χ4v) is 2.33. The van der Waals surface area contributed by atoms with Gasteiger partial charge in [-0.2, -0.15) is 13.2 Å². The maximum Gasteiger partial charge on any atom is 0.391 e. The molecule has 2 aromatic carbocycles. The predicted octanol–water partition coefficient (Wildman–Crippen LogP) is 5.69. The smallest absolute Gasteiger partial charge is 0.377 e. The molecule has 1 N–H and O–H groups in total. The molecule has 112 valence electrons. The summed E-state index contributed by atoms with van der Waals surface area (Å²) in [6, 6.07) is 11.1. The fourth-order valence-electron chi connectivity index (χ4n) is 1.96. The molecule has 0 aliphatic carbocycles. The third kappa shape index (κ3) is 4.74. The molecule has 0 aromatic heterocycles. The van der Waals surface area contributed by atoms with Crippen LogP contribution in [-0.2, 0) is 0 Å². The number of alkyl halides is 3. The van der Waals surface area contributed by atoms with Crippen LogP contribution in [0.25, 0.3) is 0 Å². The average Bonchev–Trinajstić information content (AvgIpc) is 2.42. The zero-order valence-corrected chi connectivity index (χ0v) is 12.4. The van der Waals surface area contributed by atoms with Gasteiger partial charge < -0.3 is 5.32 Å². The monoisotopic (exact) mass is 361 g/mol. The Morgan fingerprint density at radius 1 is 1.05 bits per heavy atom. The Hall–Kier alpha value is -1.56. The van der Waals surface area contributed by atoms with Crippen molar-refractivity contribution in [3.05, 3.63) is 64.4 Å². The van der Waals surface area contributed by atoms with Crippen LogP contribution >= 0.6 is 15.9 Å². The summed E-state index contributed by atoms with van der Waals surface area (Å²) in [6.07, 6.45) is -5.37. The first kappa shape index (κ1) is 15.8. The Morgan fingerprint density at radius 2 is 1.71 bits per heavy atom. The summed E-state index contributed by atoms with van der Waals surface area (Å²) in [7, 11) is 0. The van der Waals surface area contributed by atoms with E-state index in [1.807, 2.05) is 0 Å². The van der Waals surface area contributed by atoms with Gasteiger partial charge in [0.25, 0.3) is 0 Å². The number of hydrogen-bond donors (Lipinski definition) is 1. The standard InChI is InChI=1S/C15H12BrF4N/c16-12-7-6-11(17)8-13(12)21-14(9-15(18,19)20)10-4-2-1-3-5-10/h1-8,14,21H,9H2. The van der Waals surface area contributed by atoms with Crippen LogP contribution < -0.4 is 5.32 Å². The molecule has 0 amide bonds. The molecule has 1 nitrogen and oxygen atoms in total. The van der Waals surface area contributed by atoms with Gasteiger partial charge in [0.2, 0.25) is 0 Å². The van der Waals surface area contributed by atoms with Crippen LogP contribution in [0, 0.1) is 5.82 Å². The largest absolute Gasteiger partial charge is 0.391 e. The van der Waals surface area contributed by atoms with Crippen LogP contribution in [0.5, 0.6) is 0 Å². The van der Waals surface area contributed by atoms with E-state index in [0.717, 1.165) is 6.07 Å². The Bertz CT molecular complexity index is 598. The van der Waals surface area contributed by atoms with Crippen molar-refractivity contribution in [3.8, 4) is 0 Å². The summed E-state index contributed by atoms with van der Waals surface area (Å²) in [5.74, 6) is -0.514. The summed E-state index contributed by atoms with van der Waals surface area (Å²) >= 11 is 3.20. The molecule has 2 rings (SSSR count). The van der Waals surface area contributed by atoms with Crippen LogP contribution in [0.3, 0.4) is 0 Å². The number of rotatable bonds is 4. The minimum Gasteiger partial charge on any atom is -0.377 e. The highest BCUT2D eigenvalue weighted by Gasteiger charge is 2.32. The predicted molar refractivity (Wildman–Crippen MR) is 77.6 cm³/mol. The van der Waals surface area contributed by atoms with Gasteiger partial charge in [0, 0.05) is 4.47 Å². The highest BCUT2D eigenvalue weighted by molar-refractivity contribution is 9.10. The van der Waals surface area contributed by atoms with Crippen molar-refractivity contribution < 1.29 is 17.6 Å². The lowest BCUT2D eigenvalue weighted by Crippen LogP contribution is -2.20. The summed E-state index contributed by atoms with van der Waals surface area (Å²) in [5.41, 5.74) is 0.777. The van der Waals surface area contributed by atoms with Crippen LogP contribution in [0.15, 0.2) is 53.0 Å². The third-order valence-electron chi connectivity index (χ3n) is 2.90. The Balaban J connectivity index is 2.30. The lowest BCUT2D eigenvalue weighted by molar-refractivity contribution is -0.137. The number of anilines is 1. The van der Waals surface area contributed by atoms with Crippen molar-refractivity contribution in [1.82, 2.24) is 0 Å². The van der Waals surface area contributed by atoms with E-state index in [1.54, 1.807) is 30.3 Å². The van der Waals surface area contributed by atoms with Crippen molar-refractivity contribution in [1.29, 1.82) is 0 Å². The molecule has 0 radical (unpaired) electrons. The molecule has 1 unspecified atom stereocenters. The zero-order valence-electron chi connectivity index (χ0n) is 10.8. The molecular formula is C15H12BrF4N. The second-order valence-corrected chi connectivity index (χ2v) is 5.41. The van der Waals surface area contributed by atoms with Gasteiger partial charge in [0.15, 0.2) is 0 Å². The van der Waals surface area contributed by atoms with Crippen LogP contribution in [0.4, 0.5) is 23.2 Å².